The van der Waals surface area contributed by atoms with E-state index in [1.54, 1.807) is 0 Å². The van der Waals surface area contributed by atoms with Gasteiger partial charge >= 0.3 is 0 Å². The summed E-state index contributed by atoms with van der Waals surface area (Å²) >= 11 is 0. The molecule has 0 saturated carbocycles. The van der Waals surface area contributed by atoms with Gasteiger partial charge in [-0.15, -0.1) is 0 Å². The Hall–Kier alpha value is -6.00. The van der Waals surface area contributed by atoms with Crippen molar-refractivity contribution in [3.8, 4) is 17.2 Å². The Morgan fingerprint density at radius 1 is 0.531 bits per heavy atom. The molecule has 0 saturated heterocycles. The van der Waals surface area contributed by atoms with Gasteiger partial charge in [0.2, 0.25) is 0 Å². The Morgan fingerprint density at radius 3 is 2.08 bits per heavy atom. The average Bonchev–Trinajstić information content (AvgIpc) is 3.49. The van der Waals surface area contributed by atoms with E-state index in [-0.39, 0.29) is 12.1 Å². The first-order valence-corrected chi connectivity index (χ1v) is 17.1. The van der Waals surface area contributed by atoms with Crippen LogP contribution in [0.4, 0.5) is 17.1 Å². The monoisotopic (exact) mass is 628 g/mol. The van der Waals surface area contributed by atoms with Crippen molar-refractivity contribution in [1.29, 1.82) is 0 Å². The highest BCUT2D eigenvalue weighted by molar-refractivity contribution is 6.96. The first-order chi connectivity index (χ1) is 24.1. The van der Waals surface area contributed by atoms with E-state index >= 15 is 0 Å². The Kier molecular flexibility index (Phi) is 6.01. The van der Waals surface area contributed by atoms with Crippen LogP contribution in [-0.4, -0.2) is 11.3 Å². The molecule has 3 heterocycles. The number of para-hydroxylation sites is 4. The summed E-state index contributed by atoms with van der Waals surface area (Å²) < 4.78 is 9.18. The number of ether oxygens (including phenoxy) is 1. The third-order valence-corrected chi connectivity index (χ3v) is 10.7. The van der Waals surface area contributed by atoms with E-state index in [1.807, 2.05) is 0 Å². The van der Waals surface area contributed by atoms with Crippen molar-refractivity contribution in [2.75, 3.05) is 4.90 Å². The van der Waals surface area contributed by atoms with E-state index in [0.717, 1.165) is 22.9 Å². The summed E-state index contributed by atoms with van der Waals surface area (Å²) in [6, 6.07) is 59.2. The van der Waals surface area contributed by atoms with Crippen LogP contribution in [-0.2, 0) is 5.41 Å². The van der Waals surface area contributed by atoms with Crippen LogP contribution in [0.3, 0.4) is 0 Å². The normalized spacial score (nSPS) is 14.2. The van der Waals surface area contributed by atoms with Gasteiger partial charge in [-0.3, -0.25) is 0 Å². The quantitative estimate of drug-likeness (QED) is 0.181. The SMILES string of the molecule is CC1(C)c2ccccc2N(c2ccc3c(c2)Oc2ccccc2B3c2ccccc2)c2c1ccc1c2c2ccccc2n1-c1ccccc1. The fourth-order valence-corrected chi connectivity index (χ4v) is 8.46. The zero-order chi connectivity index (χ0) is 32.7. The molecule has 2 aliphatic rings. The molecule has 0 aliphatic carbocycles. The summed E-state index contributed by atoms with van der Waals surface area (Å²) in [5.41, 5.74) is 13.1. The van der Waals surface area contributed by atoms with Crippen molar-refractivity contribution < 1.29 is 4.74 Å². The number of rotatable bonds is 3. The van der Waals surface area contributed by atoms with E-state index in [2.05, 4.69) is 187 Å². The number of hydrogen-bond acceptors (Lipinski definition) is 2. The maximum atomic E-state index is 6.77. The molecule has 0 spiro atoms. The maximum absolute atomic E-state index is 6.77. The molecule has 0 radical (unpaired) electrons. The Labute approximate surface area is 286 Å². The topological polar surface area (TPSA) is 17.4 Å². The van der Waals surface area contributed by atoms with Crippen molar-refractivity contribution in [1.82, 2.24) is 4.57 Å². The minimum absolute atomic E-state index is 0.0885. The predicted octanol–water partition coefficient (Wildman–Crippen LogP) is 9.51. The average molecular weight is 629 g/mol. The molecule has 2 aliphatic heterocycles. The van der Waals surface area contributed by atoms with Gasteiger partial charge in [0, 0.05) is 33.6 Å². The molecule has 3 nitrogen and oxygen atoms in total. The van der Waals surface area contributed by atoms with Gasteiger partial charge in [-0.25, -0.2) is 0 Å². The van der Waals surface area contributed by atoms with Crippen LogP contribution in [0.1, 0.15) is 25.0 Å². The Bertz CT molecular complexity index is 2570. The van der Waals surface area contributed by atoms with Crippen LogP contribution in [0.25, 0.3) is 27.5 Å². The Morgan fingerprint density at radius 2 is 1.22 bits per heavy atom. The van der Waals surface area contributed by atoms with Crippen molar-refractivity contribution in [3.05, 3.63) is 175 Å². The highest BCUT2D eigenvalue weighted by Crippen LogP contribution is 2.56. The van der Waals surface area contributed by atoms with Crippen LogP contribution in [0.5, 0.6) is 11.5 Å². The Balaban J connectivity index is 1.26. The second-order valence-corrected chi connectivity index (χ2v) is 13.7. The molecule has 0 amide bonds. The standard InChI is InChI=1S/C45H33BN2O/c1-45(2)34-20-10-13-23-39(34)48(32-25-27-37-42(29-32)49-41-24-14-11-21-36(41)46(37)30-15-5-3-6-16-30)44-35(45)26-28-40-43(44)33-19-9-12-22-38(33)47(40)31-17-7-4-8-18-31/h3-29H,1-2H3. The molecule has 0 unspecified atom stereocenters. The lowest BCUT2D eigenvalue weighted by Crippen LogP contribution is -2.54. The number of hydrogen-bond donors (Lipinski definition) is 0. The van der Waals surface area contributed by atoms with Crippen LogP contribution >= 0.6 is 0 Å². The van der Waals surface area contributed by atoms with E-state index < -0.39 is 0 Å². The van der Waals surface area contributed by atoms with E-state index in [1.165, 1.54) is 60.7 Å². The third kappa shape index (κ3) is 4.04. The molecule has 49 heavy (non-hydrogen) atoms. The van der Waals surface area contributed by atoms with Crippen LogP contribution < -0.4 is 26.0 Å². The van der Waals surface area contributed by atoms with Crippen LogP contribution in [0.15, 0.2) is 164 Å². The number of anilines is 3. The minimum Gasteiger partial charge on any atom is -0.458 e. The molecule has 1 aromatic heterocycles. The van der Waals surface area contributed by atoms with Crippen molar-refractivity contribution >= 4 is 62.0 Å². The molecule has 0 N–H and O–H groups in total. The summed E-state index contributed by atoms with van der Waals surface area (Å²) in [4.78, 5) is 2.49. The highest BCUT2D eigenvalue weighted by Gasteiger charge is 2.40. The molecule has 10 rings (SSSR count). The maximum Gasteiger partial charge on any atom is 0.250 e. The predicted molar refractivity (Wildman–Crippen MR) is 205 cm³/mol. The smallest absolute Gasteiger partial charge is 0.250 e. The second kappa shape index (κ2) is 10.5. The van der Waals surface area contributed by atoms with E-state index in [9.17, 15) is 0 Å². The van der Waals surface area contributed by atoms with Gasteiger partial charge in [0.1, 0.15) is 11.5 Å². The van der Waals surface area contributed by atoms with E-state index in [4.69, 9.17) is 4.74 Å². The fraction of sp³-hybridized carbons (Fsp3) is 0.0667. The summed E-state index contributed by atoms with van der Waals surface area (Å²) in [5.74, 6) is 1.81. The lowest BCUT2D eigenvalue weighted by atomic mass is 9.36. The first-order valence-electron chi connectivity index (χ1n) is 17.1. The molecule has 8 aromatic rings. The summed E-state index contributed by atoms with van der Waals surface area (Å²) in [7, 11) is 0. The molecule has 0 bridgehead atoms. The first kappa shape index (κ1) is 28.1. The summed E-state index contributed by atoms with van der Waals surface area (Å²) in [5, 5.41) is 2.50. The van der Waals surface area contributed by atoms with Gasteiger partial charge < -0.3 is 14.2 Å². The van der Waals surface area contributed by atoms with Crippen molar-refractivity contribution in [2.45, 2.75) is 19.3 Å². The van der Waals surface area contributed by atoms with Gasteiger partial charge in [0.25, 0.3) is 6.71 Å². The van der Waals surface area contributed by atoms with Crippen LogP contribution in [0, 0.1) is 0 Å². The largest absolute Gasteiger partial charge is 0.458 e. The molecule has 7 aromatic carbocycles. The molecular formula is C45H33BN2O. The molecule has 232 valence electrons. The second-order valence-electron chi connectivity index (χ2n) is 13.7. The summed E-state index contributed by atoms with van der Waals surface area (Å²) in [6.07, 6.45) is 0. The van der Waals surface area contributed by atoms with Gasteiger partial charge in [-0.1, -0.05) is 135 Å². The van der Waals surface area contributed by atoms with Crippen LogP contribution in [0.2, 0.25) is 0 Å². The zero-order valence-electron chi connectivity index (χ0n) is 27.5. The number of benzene rings is 7. The highest BCUT2D eigenvalue weighted by atomic mass is 16.5. The van der Waals surface area contributed by atoms with Crippen molar-refractivity contribution in [3.63, 3.8) is 0 Å². The zero-order valence-corrected chi connectivity index (χ0v) is 27.5. The van der Waals surface area contributed by atoms with Gasteiger partial charge in [0.05, 0.1) is 22.4 Å². The molecular weight excluding hydrogens is 595 g/mol. The minimum atomic E-state index is -0.214. The third-order valence-electron chi connectivity index (χ3n) is 10.7. The van der Waals surface area contributed by atoms with E-state index in [0.29, 0.717) is 0 Å². The van der Waals surface area contributed by atoms with Gasteiger partial charge in [-0.05, 0) is 64.5 Å². The lowest BCUT2D eigenvalue weighted by molar-refractivity contribution is 0.487. The van der Waals surface area contributed by atoms with Gasteiger partial charge in [-0.2, -0.15) is 0 Å². The molecule has 0 atom stereocenters. The number of aromatic nitrogens is 1. The number of fused-ring (bicyclic) bond motifs is 8. The molecule has 4 heteroatoms. The van der Waals surface area contributed by atoms with Gasteiger partial charge in [0.15, 0.2) is 0 Å². The lowest BCUT2D eigenvalue weighted by Gasteiger charge is -2.42. The molecule has 0 fully saturated rings. The van der Waals surface area contributed by atoms with Crippen molar-refractivity contribution in [2.24, 2.45) is 0 Å². The number of nitrogens with zero attached hydrogens (tertiary/aromatic N) is 2. The fourth-order valence-electron chi connectivity index (χ4n) is 8.46. The summed E-state index contributed by atoms with van der Waals surface area (Å²) in [6.45, 7) is 4.81.